The Balaban J connectivity index is 1.70. The molecule has 3 rings (SSSR count). The van der Waals surface area contributed by atoms with E-state index in [0.717, 1.165) is 25.7 Å². The smallest absolute Gasteiger partial charge is 0.308 e. The van der Waals surface area contributed by atoms with Crippen molar-refractivity contribution in [1.82, 2.24) is 10.2 Å². The topological polar surface area (TPSA) is 84.9 Å². The number of piperazine rings is 1. The van der Waals surface area contributed by atoms with Crippen LogP contribution >= 0.6 is 15.9 Å². The van der Waals surface area contributed by atoms with Crippen LogP contribution in [0.5, 0.6) is 5.75 Å². The molecule has 1 N–H and O–H groups in total. The average molecular weight is 467 g/mol. The van der Waals surface area contributed by atoms with Crippen LogP contribution in [0.2, 0.25) is 0 Å². The van der Waals surface area contributed by atoms with Gasteiger partial charge in [0.05, 0.1) is 17.5 Å². The zero-order valence-electron chi connectivity index (χ0n) is 16.6. The van der Waals surface area contributed by atoms with E-state index in [1.54, 1.807) is 18.2 Å². The maximum atomic E-state index is 13.1. The number of nitrogens with zero attached hydrogens (tertiary/aromatic N) is 1. The third kappa shape index (κ3) is 5.50. The molecule has 2 fully saturated rings. The maximum absolute atomic E-state index is 13.1. The Kier molecular flexibility index (Phi) is 7.52. The molecule has 8 heteroatoms. The van der Waals surface area contributed by atoms with Crippen LogP contribution in [0.3, 0.4) is 0 Å². The summed E-state index contributed by atoms with van der Waals surface area (Å²) in [4.78, 5) is 39.4. The third-order valence-electron chi connectivity index (χ3n) is 5.28. The number of ether oxygens (including phenoxy) is 2. The van der Waals surface area contributed by atoms with Gasteiger partial charge in [-0.05, 0) is 66.7 Å². The summed E-state index contributed by atoms with van der Waals surface area (Å²) in [6.45, 7) is 3.10. The fourth-order valence-electron chi connectivity index (χ4n) is 3.81. The second kappa shape index (κ2) is 10.1. The Morgan fingerprint density at radius 3 is 2.69 bits per heavy atom. The summed E-state index contributed by atoms with van der Waals surface area (Å²) >= 11 is 3.41. The highest BCUT2D eigenvalue weighted by molar-refractivity contribution is 9.10. The first kappa shape index (κ1) is 21.6. The van der Waals surface area contributed by atoms with Crippen molar-refractivity contribution in [1.29, 1.82) is 0 Å². The molecule has 1 aliphatic heterocycles. The van der Waals surface area contributed by atoms with Gasteiger partial charge in [-0.15, -0.1) is 0 Å². The number of amides is 2. The quantitative estimate of drug-likeness (QED) is 0.651. The van der Waals surface area contributed by atoms with Crippen LogP contribution in [0.15, 0.2) is 22.7 Å². The third-order valence-corrected chi connectivity index (χ3v) is 5.90. The maximum Gasteiger partial charge on any atom is 0.308 e. The van der Waals surface area contributed by atoms with E-state index in [2.05, 4.69) is 21.2 Å². The van der Waals surface area contributed by atoms with E-state index < -0.39 is 12.0 Å². The normalized spacial score (nSPS) is 20.1. The van der Waals surface area contributed by atoms with Crippen molar-refractivity contribution in [3.8, 4) is 5.75 Å². The Morgan fingerprint density at radius 2 is 2.00 bits per heavy atom. The summed E-state index contributed by atoms with van der Waals surface area (Å²) in [6.07, 6.45) is 4.80. The van der Waals surface area contributed by atoms with E-state index in [1.165, 1.54) is 11.3 Å². The lowest BCUT2D eigenvalue weighted by molar-refractivity contribution is -0.153. The molecule has 1 unspecified atom stereocenters. The number of hydrogen-bond donors (Lipinski definition) is 1. The lowest BCUT2D eigenvalue weighted by Gasteiger charge is -2.35. The number of carbonyl (C=O) groups is 3. The van der Waals surface area contributed by atoms with Gasteiger partial charge in [-0.3, -0.25) is 14.4 Å². The van der Waals surface area contributed by atoms with Gasteiger partial charge in [-0.2, -0.15) is 0 Å². The Bertz CT molecular complexity index is 763. The molecule has 1 atom stereocenters. The summed E-state index contributed by atoms with van der Waals surface area (Å²) in [7, 11) is 0. The zero-order valence-corrected chi connectivity index (χ0v) is 18.2. The van der Waals surface area contributed by atoms with E-state index >= 15 is 0 Å². The number of nitrogens with one attached hydrogen (secondary N) is 1. The summed E-state index contributed by atoms with van der Waals surface area (Å²) in [5.74, 6) is -0.396. The molecule has 1 aromatic rings. The van der Waals surface area contributed by atoms with Crippen LogP contribution in [0.4, 0.5) is 0 Å². The first-order chi connectivity index (χ1) is 14.0. The number of hydrogen-bond acceptors (Lipinski definition) is 5. The minimum Gasteiger partial charge on any atom is -0.493 e. The van der Waals surface area contributed by atoms with Crippen molar-refractivity contribution in [2.75, 3.05) is 19.7 Å². The average Bonchev–Trinajstić information content (AvgIpc) is 2.71. The Labute approximate surface area is 179 Å². The van der Waals surface area contributed by atoms with E-state index in [9.17, 15) is 14.4 Å². The van der Waals surface area contributed by atoms with Crippen molar-refractivity contribution < 1.29 is 23.9 Å². The summed E-state index contributed by atoms with van der Waals surface area (Å²) in [5.41, 5.74) is 0.431. The minimum atomic E-state index is -0.863. The van der Waals surface area contributed by atoms with Gasteiger partial charge in [0.15, 0.2) is 0 Å². The second-order valence-corrected chi connectivity index (χ2v) is 8.19. The van der Waals surface area contributed by atoms with E-state index in [0.29, 0.717) is 35.5 Å². The number of benzene rings is 1. The van der Waals surface area contributed by atoms with Crippen molar-refractivity contribution in [2.24, 2.45) is 0 Å². The minimum absolute atomic E-state index is 0.0749. The van der Waals surface area contributed by atoms with Crippen LogP contribution in [0, 0.1) is 0 Å². The van der Waals surface area contributed by atoms with Crippen molar-refractivity contribution >= 4 is 33.7 Å². The van der Waals surface area contributed by atoms with E-state index in [-0.39, 0.29) is 24.3 Å². The molecular weight excluding hydrogens is 440 g/mol. The van der Waals surface area contributed by atoms with Gasteiger partial charge in [0, 0.05) is 18.7 Å². The highest BCUT2D eigenvalue weighted by atomic mass is 79.9. The fourth-order valence-corrected chi connectivity index (χ4v) is 4.30. The molecule has 1 heterocycles. The van der Waals surface area contributed by atoms with Crippen LogP contribution in [0.1, 0.15) is 55.8 Å². The van der Waals surface area contributed by atoms with Crippen molar-refractivity contribution in [2.45, 2.75) is 57.6 Å². The molecule has 0 bridgehead atoms. The molecule has 7 nitrogen and oxygen atoms in total. The highest BCUT2D eigenvalue weighted by Gasteiger charge is 2.36. The van der Waals surface area contributed by atoms with Gasteiger partial charge in [-0.1, -0.05) is 6.42 Å². The van der Waals surface area contributed by atoms with Gasteiger partial charge in [0.2, 0.25) is 5.91 Å². The predicted octanol–water partition coefficient (Wildman–Crippen LogP) is 3.05. The summed E-state index contributed by atoms with van der Waals surface area (Å²) < 4.78 is 11.7. The van der Waals surface area contributed by atoms with E-state index in [4.69, 9.17) is 9.47 Å². The Hall–Kier alpha value is -2.09. The first-order valence-corrected chi connectivity index (χ1v) is 11.0. The number of halogens is 1. The lowest BCUT2D eigenvalue weighted by atomic mass is 9.98. The first-order valence-electron chi connectivity index (χ1n) is 10.2. The second-order valence-electron chi connectivity index (χ2n) is 7.34. The molecular formula is C21H27BrN2O5. The Morgan fingerprint density at radius 1 is 1.24 bits per heavy atom. The van der Waals surface area contributed by atoms with Crippen LogP contribution < -0.4 is 10.1 Å². The highest BCUT2D eigenvalue weighted by Crippen LogP contribution is 2.27. The molecule has 29 heavy (non-hydrogen) atoms. The van der Waals surface area contributed by atoms with Gasteiger partial charge in [0.1, 0.15) is 17.9 Å². The molecule has 0 radical (unpaired) electrons. The molecule has 1 saturated carbocycles. The summed E-state index contributed by atoms with van der Waals surface area (Å²) in [5, 5.41) is 2.74. The summed E-state index contributed by atoms with van der Waals surface area (Å²) in [6, 6.07) is 4.20. The van der Waals surface area contributed by atoms with Crippen LogP contribution in [-0.4, -0.2) is 54.5 Å². The van der Waals surface area contributed by atoms with Gasteiger partial charge in [-0.25, -0.2) is 0 Å². The molecule has 1 aromatic carbocycles. The molecule has 0 spiro atoms. The molecule has 2 amide bonds. The monoisotopic (exact) mass is 466 g/mol. The molecule has 158 valence electrons. The number of carbonyl (C=O) groups excluding carboxylic acids is 3. The van der Waals surface area contributed by atoms with Crippen LogP contribution in [-0.2, 0) is 14.3 Å². The van der Waals surface area contributed by atoms with Crippen molar-refractivity contribution in [3.05, 3.63) is 28.2 Å². The SMILES string of the molecule is CCOc1ccc(C(=O)N2CCNC(=O)C2CC(=O)OC2CCCCC2)cc1Br. The predicted molar refractivity (Wildman–Crippen MR) is 111 cm³/mol. The molecule has 0 aromatic heterocycles. The molecule has 2 aliphatic rings. The zero-order chi connectivity index (χ0) is 20.8. The van der Waals surface area contributed by atoms with Crippen molar-refractivity contribution in [3.63, 3.8) is 0 Å². The van der Waals surface area contributed by atoms with Crippen LogP contribution in [0.25, 0.3) is 0 Å². The fraction of sp³-hybridized carbons (Fsp3) is 0.571. The van der Waals surface area contributed by atoms with Gasteiger partial charge >= 0.3 is 5.97 Å². The molecule has 1 aliphatic carbocycles. The number of rotatable bonds is 6. The largest absolute Gasteiger partial charge is 0.493 e. The lowest BCUT2D eigenvalue weighted by Crippen LogP contribution is -2.58. The standard InChI is InChI=1S/C21H27BrN2O5/c1-2-28-18-9-8-14(12-16(18)22)21(27)24-11-10-23-20(26)17(24)13-19(25)29-15-6-4-3-5-7-15/h8-9,12,15,17H,2-7,10-11,13H2,1H3,(H,23,26). The molecule has 1 saturated heterocycles. The number of esters is 1. The van der Waals surface area contributed by atoms with Gasteiger partial charge in [0.25, 0.3) is 5.91 Å². The van der Waals surface area contributed by atoms with E-state index in [1.807, 2.05) is 6.92 Å². The van der Waals surface area contributed by atoms with Gasteiger partial charge < -0.3 is 19.7 Å².